The van der Waals surface area contributed by atoms with Gasteiger partial charge in [0.05, 0.1) is 11.1 Å². The van der Waals surface area contributed by atoms with Gasteiger partial charge in [0.2, 0.25) is 5.91 Å². The average Bonchev–Trinajstić information content (AvgIpc) is 3.29. The molecule has 0 saturated carbocycles. The molecule has 1 atom stereocenters. The van der Waals surface area contributed by atoms with Gasteiger partial charge in [0.25, 0.3) is 0 Å². The monoisotopic (exact) mass is 441 g/mol. The number of benzene rings is 1. The maximum atomic E-state index is 13.0. The first-order chi connectivity index (χ1) is 14.5. The highest BCUT2D eigenvalue weighted by atomic mass is 32.2. The number of thiophene rings is 1. The van der Waals surface area contributed by atoms with E-state index in [2.05, 4.69) is 22.4 Å². The fourth-order valence-corrected chi connectivity index (χ4v) is 6.12. The van der Waals surface area contributed by atoms with E-state index < -0.39 is 0 Å². The van der Waals surface area contributed by atoms with Crippen molar-refractivity contribution in [3.63, 3.8) is 0 Å². The van der Waals surface area contributed by atoms with Crippen LogP contribution in [0.5, 0.6) is 0 Å². The molecule has 1 aliphatic carbocycles. The van der Waals surface area contributed by atoms with Gasteiger partial charge in [-0.05, 0) is 61.9 Å². The van der Waals surface area contributed by atoms with E-state index in [1.807, 2.05) is 11.3 Å². The number of hydrogen-bond donors (Lipinski definition) is 1. The molecule has 0 unspecified atom stereocenters. The van der Waals surface area contributed by atoms with Crippen LogP contribution in [0, 0.1) is 18.7 Å². The Balaban J connectivity index is 1.42. The third-order valence-corrected chi connectivity index (χ3v) is 7.47. The number of anilines is 1. The zero-order valence-electron chi connectivity index (χ0n) is 16.6. The van der Waals surface area contributed by atoms with Gasteiger partial charge in [-0.1, -0.05) is 18.7 Å². The number of thioether (sulfide) groups is 1. The number of aryl methyl sites for hydroxylation is 2. The van der Waals surface area contributed by atoms with E-state index >= 15 is 0 Å². The minimum atomic E-state index is -0.336. The Morgan fingerprint density at radius 3 is 2.93 bits per heavy atom. The van der Waals surface area contributed by atoms with Crippen LogP contribution in [0.2, 0.25) is 0 Å². The zero-order chi connectivity index (χ0) is 20.8. The Morgan fingerprint density at radius 1 is 1.33 bits per heavy atom. The van der Waals surface area contributed by atoms with E-state index in [1.54, 1.807) is 11.3 Å². The first-order valence-corrected chi connectivity index (χ1v) is 11.6. The molecule has 4 aromatic rings. The first kappa shape index (κ1) is 19.4. The zero-order valence-corrected chi connectivity index (χ0v) is 18.2. The largest absolute Gasteiger partial charge is 0.325 e. The van der Waals surface area contributed by atoms with Gasteiger partial charge in [-0.2, -0.15) is 0 Å². The van der Waals surface area contributed by atoms with E-state index in [-0.39, 0.29) is 17.5 Å². The summed E-state index contributed by atoms with van der Waals surface area (Å²) in [7, 11) is 0. The Hall–Kier alpha value is -2.52. The lowest BCUT2D eigenvalue weighted by Crippen LogP contribution is -2.14. The second kappa shape index (κ2) is 7.63. The predicted molar refractivity (Wildman–Crippen MR) is 118 cm³/mol. The van der Waals surface area contributed by atoms with Crippen LogP contribution < -0.4 is 5.32 Å². The smallest absolute Gasteiger partial charge is 0.234 e. The van der Waals surface area contributed by atoms with Crippen molar-refractivity contribution in [1.82, 2.24) is 19.6 Å². The molecule has 5 rings (SSSR count). The maximum absolute atomic E-state index is 13.0. The number of rotatable bonds is 4. The molecule has 0 spiro atoms. The summed E-state index contributed by atoms with van der Waals surface area (Å²) in [5.41, 5.74) is 2.75. The third-order valence-electron chi connectivity index (χ3n) is 5.40. The van der Waals surface area contributed by atoms with Gasteiger partial charge < -0.3 is 5.32 Å². The van der Waals surface area contributed by atoms with Crippen LogP contribution in [-0.2, 0) is 17.6 Å². The summed E-state index contributed by atoms with van der Waals surface area (Å²) in [6.45, 7) is 4.24. The molecule has 0 radical (unpaired) electrons. The predicted octanol–water partition coefficient (Wildman–Crippen LogP) is 4.64. The molecule has 3 aromatic heterocycles. The van der Waals surface area contributed by atoms with Gasteiger partial charge in [-0.25, -0.2) is 9.37 Å². The minimum Gasteiger partial charge on any atom is -0.325 e. The molecule has 6 nitrogen and oxygen atoms in total. The fourth-order valence-electron chi connectivity index (χ4n) is 3.92. The minimum absolute atomic E-state index is 0.176. The van der Waals surface area contributed by atoms with Gasteiger partial charge in [-0.3, -0.25) is 9.20 Å². The van der Waals surface area contributed by atoms with Crippen molar-refractivity contribution >= 4 is 50.6 Å². The lowest BCUT2D eigenvalue weighted by molar-refractivity contribution is -0.113. The van der Waals surface area contributed by atoms with Crippen LogP contribution in [0.4, 0.5) is 10.1 Å². The number of carbonyl (C=O) groups excluding carboxylic acids is 1. The first-order valence-electron chi connectivity index (χ1n) is 9.84. The lowest BCUT2D eigenvalue weighted by atomic mass is 9.89. The molecule has 1 N–H and O–H groups in total. The SMILES string of the molecule is Cc1nc2sc3c(c2c2nnc(SCC(=O)Nc4ccc(F)cc4)n12)CC[C@H](C)C3. The summed E-state index contributed by atoms with van der Waals surface area (Å²) in [5, 5.41) is 13.3. The van der Waals surface area contributed by atoms with E-state index in [0.29, 0.717) is 16.8 Å². The molecule has 0 saturated heterocycles. The topological polar surface area (TPSA) is 72.2 Å². The van der Waals surface area contributed by atoms with Gasteiger partial charge in [0.15, 0.2) is 10.8 Å². The van der Waals surface area contributed by atoms with E-state index in [1.165, 1.54) is 52.9 Å². The Labute approximate surface area is 180 Å². The maximum Gasteiger partial charge on any atom is 0.234 e. The van der Waals surface area contributed by atoms with Crippen molar-refractivity contribution in [3.05, 3.63) is 46.3 Å². The Morgan fingerprint density at radius 2 is 2.13 bits per heavy atom. The van der Waals surface area contributed by atoms with Gasteiger partial charge in [0, 0.05) is 10.6 Å². The number of hydrogen-bond acceptors (Lipinski definition) is 6. The standard InChI is InChI=1S/C21H20FN5OS2/c1-11-3-8-15-16(9-11)30-20-18(15)19-25-26-21(27(19)12(2)23-20)29-10-17(28)24-14-6-4-13(22)5-7-14/h4-7,11H,3,8-10H2,1-2H3,(H,24,28)/t11-/m0/s1. The fraction of sp³-hybridized carbons (Fsp3) is 0.333. The van der Waals surface area contributed by atoms with E-state index in [4.69, 9.17) is 4.98 Å². The Kier molecular flexibility index (Phi) is 4.94. The number of carbonyl (C=O) groups is 1. The molecule has 1 aromatic carbocycles. The van der Waals surface area contributed by atoms with E-state index in [0.717, 1.165) is 34.5 Å². The van der Waals surface area contributed by atoms with Crippen LogP contribution in [-0.4, -0.2) is 31.2 Å². The molecule has 0 bridgehead atoms. The molecular formula is C21H20FN5OS2. The van der Waals surface area contributed by atoms with Crippen molar-refractivity contribution in [1.29, 1.82) is 0 Å². The number of nitrogens with one attached hydrogen (secondary N) is 1. The summed E-state index contributed by atoms with van der Waals surface area (Å²) in [6, 6.07) is 5.71. The van der Waals surface area contributed by atoms with Crippen molar-refractivity contribution in [2.24, 2.45) is 5.92 Å². The summed E-state index contributed by atoms with van der Waals surface area (Å²) in [5.74, 6) is 1.17. The average molecular weight is 442 g/mol. The highest BCUT2D eigenvalue weighted by Crippen LogP contribution is 2.39. The molecule has 9 heteroatoms. The van der Waals surface area contributed by atoms with Gasteiger partial charge in [0.1, 0.15) is 16.5 Å². The van der Waals surface area contributed by atoms with Crippen LogP contribution in [0.1, 0.15) is 29.6 Å². The molecule has 3 heterocycles. The molecule has 154 valence electrons. The molecule has 0 aliphatic heterocycles. The molecular weight excluding hydrogens is 421 g/mol. The summed E-state index contributed by atoms with van der Waals surface area (Å²) < 4.78 is 15.0. The number of aromatic nitrogens is 4. The van der Waals surface area contributed by atoms with Crippen LogP contribution in [0.25, 0.3) is 15.9 Å². The second-order valence-electron chi connectivity index (χ2n) is 7.68. The van der Waals surface area contributed by atoms with Crippen LogP contribution >= 0.6 is 23.1 Å². The van der Waals surface area contributed by atoms with Crippen LogP contribution in [0.3, 0.4) is 0 Å². The molecule has 0 fully saturated rings. The van der Waals surface area contributed by atoms with Crippen molar-refractivity contribution in [2.45, 2.75) is 38.3 Å². The third kappa shape index (κ3) is 3.45. The van der Waals surface area contributed by atoms with Gasteiger partial charge in [-0.15, -0.1) is 21.5 Å². The number of fused-ring (bicyclic) bond motifs is 5. The quantitative estimate of drug-likeness (QED) is 0.467. The van der Waals surface area contributed by atoms with Crippen molar-refractivity contribution < 1.29 is 9.18 Å². The molecule has 1 aliphatic rings. The van der Waals surface area contributed by atoms with E-state index in [9.17, 15) is 9.18 Å². The highest BCUT2D eigenvalue weighted by Gasteiger charge is 2.25. The highest BCUT2D eigenvalue weighted by molar-refractivity contribution is 7.99. The molecule has 30 heavy (non-hydrogen) atoms. The number of halogens is 1. The second-order valence-corrected chi connectivity index (χ2v) is 9.70. The van der Waals surface area contributed by atoms with Crippen molar-refractivity contribution in [2.75, 3.05) is 11.1 Å². The summed E-state index contributed by atoms with van der Waals surface area (Å²) in [6.07, 6.45) is 3.32. The molecule has 1 amide bonds. The Bertz CT molecular complexity index is 1260. The van der Waals surface area contributed by atoms with Crippen molar-refractivity contribution in [3.8, 4) is 0 Å². The number of nitrogens with zero attached hydrogens (tertiary/aromatic N) is 4. The summed E-state index contributed by atoms with van der Waals surface area (Å²) >= 11 is 3.09. The van der Waals surface area contributed by atoms with Gasteiger partial charge >= 0.3 is 0 Å². The normalized spacial score (nSPS) is 16.2. The van der Waals surface area contributed by atoms with Crippen LogP contribution in [0.15, 0.2) is 29.4 Å². The summed E-state index contributed by atoms with van der Waals surface area (Å²) in [4.78, 5) is 19.6. The lowest BCUT2D eigenvalue weighted by Gasteiger charge is -2.17. The number of amides is 1.